The normalized spacial score (nSPS) is 10.4. The maximum Gasteiger partial charge on any atom is 0.273 e. The van der Waals surface area contributed by atoms with Gasteiger partial charge >= 0.3 is 0 Å². The summed E-state index contributed by atoms with van der Waals surface area (Å²) in [7, 11) is 0. The van der Waals surface area contributed by atoms with E-state index >= 15 is 0 Å². The molecule has 7 nitrogen and oxygen atoms in total. The third-order valence-corrected chi connectivity index (χ3v) is 4.50. The molecule has 0 spiro atoms. The SMILES string of the molecule is CCSc1nnc(NC(=O)c2cccc([N+](=O)[O-])c2C)s1. The summed E-state index contributed by atoms with van der Waals surface area (Å²) < 4.78 is 0.767. The first-order valence-corrected chi connectivity index (χ1v) is 7.84. The number of anilines is 1. The Morgan fingerprint density at radius 1 is 1.48 bits per heavy atom. The summed E-state index contributed by atoms with van der Waals surface area (Å²) in [4.78, 5) is 22.5. The first-order valence-electron chi connectivity index (χ1n) is 6.04. The lowest BCUT2D eigenvalue weighted by Gasteiger charge is -2.05. The number of nitrogens with one attached hydrogen (secondary N) is 1. The van der Waals surface area contributed by atoms with E-state index in [1.807, 2.05) is 6.92 Å². The van der Waals surface area contributed by atoms with Crippen LogP contribution in [0.1, 0.15) is 22.8 Å². The highest BCUT2D eigenvalue weighted by molar-refractivity contribution is 8.01. The molecule has 1 N–H and O–H groups in total. The Hall–Kier alpha value is -2.00. The van der Waals surface area contributed by atoms with E-state index in [1.165, 1.54) is 35.2 Å². The lowest BCUT2D eigenvalue weighted by Crippen LogP contribution is -2.14. The van der Waals surface area contributed by atoms with E-state index in [-0.39, 0.29) is 11.3 Å². The lowest BCUT2D eigenvalue weighted by molar-refractivity contribution is -0.385. The van der Waals surface area contributed by atoms with E-state index in [1.54, 1.807) is 13.0 Å². The van der Waals surface area contributed by atoms with Crippen molar-refractivity contribution in [3.8, 4) is 0 Å². The van der Waals surface area contributed by atoms with E-state index in [4.69, 9.17) is 0 Å². The number of rotatable bonds is 5. The number of thioether (sulfide) groups is 1. The molecule has 110 valence electrons. The molecule has 0 radical (unpaired) electrons. The molecule has 1 aromatic carbocycles. The van der Waals surface area contributed by atoms with Crippen LogP contribution < -0.4 is 5.32 Å². The number of benzene rings is 1. The largest absolute Gasteiger partial charge is 0.296 e. The fourth-order valence-electron chi connectivity index (χ4n) is 1.67. The van der Waals surface area contributed by atoms with Crippen molar-refractivity contribution >= 4 is 39.8 Å². The third-order valence-electron chi connectivity index (χ3n) is 2.64. The zero-order chi connectivity index (χ0) is 15.4. The van der Waals surface area contributed by atoms with Crippen LogP contribution in [0.2, 0.25) is 0 Å². The average Bonchev–Trinajstić information content (AvgIpc) is 2.86. The molecule has 0 aliphatic rings. The van der Waals surface area contributed by atoms with Gasteiger partial charge < -0.3 is 0 Å². The summed E-state index contributed by atoms with van der Waals surface area (Å²) >= 11 is 2.80. The van der Waals surface area contributed by atoms with Crippen LogP contribution in [-0.4, -0.2) is 26.8 Å². The number of nitro benzene ring substituents is 1. The summed E-state index contributed by atoms with van der Waals surface area (Å²) in [5.74, 6) is 0.437. The van der Waals surface area contributed by atoms with E-state index in [9.17, 15) is 14.9 Å². The maximum absolute atomic E-state index is 12.2. The van der Waals surface area contributed by atoms with Gasteiger partial charge in [0.2, 0.25) is 5.13 Å². The van der Waals surface area contributed by atoms with Crippen molar-refractivity contribution < 1.29 is 9.72 Å². The van der Waals surface area contributed by atoms with Crippen molar-refractivity contribution in [3.05, 3.63) is 39.4 Å². The molecule has 1 amide bonds. The molecule has 9 heteroatoms. The van der Waals surface area contributed by atoms with Crippen LogP contribution in [0.15, 0.2) is 22.5 Å². The number of nitrogens with zero attached hydrogens (tertiary/aromatic N) is 3. The summed E-state index contributed by atoms with van der Waals surface area (Å²) in [5, 5.41) is 21.7. The molecule has 1 aromatic heterocycles. The molecule has 0 saturated heterocycles. The van der Waals surface area contributed by atoms with Crippen molar-refractivity contribution in [1.82, 2.24) is 10.2 Å². The molecule has 0 atom stereocenters. The maximum atomic E-state index is 12.2. The molecule has 2 aromatic rings. The minimum Gasteiger partial charge on any atom is -0.296 e. The molecule has 0 saturated carbocycles. The molecule has 0 unspecified atom stereocenters. The zero-order valence-electron chi connectivity index (χ0n) is 11.3. The number of hydrogen-bond donors (Lipinski definition) is 1. The van der Waals surface area contributed by atoms with Gasteiger partial charge in [-0.05, 0) is 18.7 Å². The molecular weight excluding hydrogens is 312 g/mol. The van der Waals surface area contributed by atoms with Gasteiger partial charge in [-0.2, -0.15) is 0 Å². The summed E-state index contributed by atoms with van der Waals surface area (Å²) in [6.07, 6.45) is 0. The Labute approximate surface area is 128 Å². The minimum atomic E-state index is -0.507. The zero-order valence-corrected chi connectivity index (χ0v) is 13.0. The molecule has 21 heavy (non-hydrogen) atoms. The molecular formula is C12H12N4O3S2. The first-order chi connectivity index (χ1) is 10.0. The Morgan fingerprint density at radius 2 is 2.24 bits per heavy atom. The van der Waals surface area contributed by atoms with E-state index in [2.05, 4.69) is 15.5 Å². The van der Waals surface area contributed by atoms with Crippen molar-refractivity contribution in [2.45, 2.75) is 18.2 Å². The second-order valence-electron chi connectivity index (χ2n) is 3.97. The van der Waals surface area contributed by atoms with Gasteiger partial charge in [0.05, 0.1) is 4.92 Å². The molecule has 2 rings (SSSR count). The molecule has 0 aliphatic carbocycles. The number of hydrogen-bond acceptors (Lipinski definition) is 7. The highest BCUT2D eigenvalue weighted by Gasteiger charge is 2.19. The third kappa shape index (κ3) is 3.56. The van der Waals surface area contributed by atoms with Crippen molar-refractivity contribution in [2.75, 3.05) is 11.1 Å². The van der Waals surface area contributed by atoms with Gasteiger partial charge in [-0.3, -0.25) is 20.2 Å². The predicted molar refractivity (Wildman–Crippen MR) is 82.1 cm³/mol. The number of amides is 1. The predicted octanol–water partition coefficient (Wildman–Crippen LogP) is 3.12. The number of aromatic nitrogens is 2. The smallest absolute Gasteiger partial charge is 0.273 e. The van der Waals surface area contributed by atoms with Crippen LogP contribution in [0.25, 0.3) is 0 Å². The van der Waals surface area contributed by atoms with Crippen LogP contribution in [0.5, 0.6) is 0 Å². The number of carbonyl (C=O) groups excluding carboxylic acids is 1. The second-order valence-corrected chi connectivity index (χ2v) is 6.46. The minimum absolute atomic E-state index is 0.0814. The molecule has 1 heterocycles. The molecule has 0 aliphatic heterocycles. The monoisotopic (exact) mass is 324 g/mol. The van der Waals surface area contributed by atoms with Gasteiger partial charge in [-0.15, -0.1) is 10.2 Å². The van der Waals surface area contributed by atoms with Gasteiger partial charge in [-0.1, -0.05) is 36.1 Å². The van der Waals surface area contributed by atoms with Crippen LogP contribution in [0.3, 0.4) is 0 Å². The fourth-order valence-corrected chi connectivity index (χ4v) is 3.32. The molecule has 0 fully saturated rings. The Bertz CT molecular complexity index is 687. The van der Waals surface area contributed by atoms with E-state index in [0.29, 0.717) is 10.7 Å². The summed E-state index contributed by atoms with van der Waals surface area (Å²) in [6.45, 7) is 3.54. The lowest BCUT2D eigenvalue weighted by atomic mass is 10.1. The van der Waals surface area contributed by atoms with Crippen molar-refractivity contribution in [1.29, 1.82) is 0 Å². The van der Waals surface area contributed by atoms with Crippen molar-refractivity contribution in [2.24, 2.45) is 0 Å². The summed E-state index contributed by atoms with van der Waals surface area (Å²) in [6, 6.07) is 4.39. The quantitative estimate of drug-likeness (QED) is 0.393. The van der Waals surface area contributed by atoms with Gasteiger partial charge in [0, 0.05) is 17.2 Å². The van der Waals surface area contributed by atoms with E-state index < -0.39 is 10.8 Å². The number of carbonyl (C=O) groups is 1. The summed E-state index contributed by atoms with van der Waals surface area (Å²) in [5.41, 5.74) is 0.499. The second kappa shape index (κ2) is 6.64. The standard InChI is InChI=1S/C12H12N4O3S2/c1-3-20-12-15-14-11(21-12)13-10(17)8-5-4-6-9(7(8)2)16(18)19/h4-6H,3H2,1-2H3,(H,13,14,17). The highest BCUT2D eigenvalue weighted by Crippen LogP contribution is 2.26. The van der Waals surface area contributed by atoms with Gasteiger partial charge in [0.1, 0.15) is 0 Å². The van der Waals surface area contributed by atoms with Gasteiger partial charge in [-0.25, -0.2) is 0 Å². The average molecular weight is 324 g/mol. The van der Waals surface area contributed by atoms with Gasteiger partial charge in [0.15, 0.2) is 4.34 Å². The van der Waals surface area contributed by atoms with Crippen molar-refractivity contribution in [3.63, 3.8) is 0 Å². The Morgan fingerprint density at radius 3 is 2.90 bits per heavy atom. The number of nitro groups is 1. The molecule has 0 bridgehead atoms. The van der Waals surface area contributed by atoms with Crippen LogP contribution in [0.4, 0.5) is 10.8 Å². The van der Waals surface area contributed by atoms with Gasteiger partial charge in [0.25, 0.3) is 11.6 Å². The highest BCUT2D eigenvalue weighted by atomic mass is 32.2. The van der Waals surface area contributed by atoms with Crippen LogP contribution in [0, 0.1) is 17.0 Å². The Balaban J connectivity index is 2.20. The van der Waals surface area contributed by atoms with E-state index in [0.717, 1.165) is 10.1 Å². The first kappa shape index (κ1) is 15.4. The fraction of sp³-hybridized carbons (Fsp3) is 0.250. The topological polar surface area (TPSA) is 98.0 Å². The Kier molecular flexibility index (Phi) is 4.86. The van der Waals surface area contributed by atoms with Crippen LogP contribution in [-0.2, 0) is 0 Å². The van der Waals surface area contributed by atoms with Crippen LogP contribution >= 0.6 is 23.1 Å².